The van der Waals surface area contributed by atoms with E-state index >= 15 is 0 Å². The Morgan fingerprint density at radius 3 is 1.99 bits per heavy atom. The minimum atomic E-state index is -1.98. The molecule has 0 N–H and O–H groups in total. The quantitative estimate of drug-likeness (QED) is 0.176. The van der Waals surface area contributed by atoms with Gasteiger partial charge in [0.1, 0.15) is 35.5 Å². The van der Waals surface area contributed by atoms with Crippen molar-refractivity contribution in [3.63, 3.8) is 0 Å². The van der Waals surface area contributed by atoms with Gasteiger partial charge >= 0.3 is 0 Å². The fraction of sp³-hybridized carbons (Fsp3) is 0.254. The van der Waals surface area contributed by atoms with E-state index in [2.05, 4.69) is 37.5 Å². The van der Waals surface area contributed by atoms with Gasteiger partial charge in [-0.05, 0) is 153 Å². The van der Waals surface area contributed by atoms with Crippen molar-refractivity contribution >= 4 is 44.6 Å². The molecule has 384 valence electrons. The van der Waals surface area contributed by atoms with Gasteiger partial charge in [-0.3, -0.25) is 4.57 Å². The molecular weight excluding hydrogens is 941 g/mol. The lowest BCUT2D eigenvalue weighted by Gasteiger charge is -2.42. The highest BCUT2D eigenvalue weighted by molar-refractivity contribution is 6.09. The van der Waals surface area contributed by atoms with Gasteiger partial charge in [-0.25, -0.2) is 4.98 Å². The first-order valence-corrected chi connectivity index (χ1v) is 26.7. The van der Waals surface area contributed by atoms with Gasteiger partial charge in [-0.2, -0.15) is 0 Å². The van der Waals surface area contributed by atoms with Gasteiger partial charge in [0.25, 0.3) is 0 Å². The van der Waals surface area contributed by atoms with Crippen LogP contribution in [0.5, 0.6) is 23.0 Å². The second-order valence-corrected chi connectivity index (χ2v) is 23.4. The molecule has 77 heavy (non-hydrogen) atoms. The van der Waals surface area contributed by atoms with E-state index in [0.717, 1.165) is 52.2 Å². The minimum Gasteiger partial charge on any atom is -0.457 e. The van der Waals surface area contributed by atoms with Crippen LogP contribution in [0.15, 0.2) is 182 Å². The molecule has 2 aromatic heterocycles. The highest BCUT2D eigenvalue weighted by atomic mass is 16.5. The van der Waals surface area contributed by atoms with E-state index in [9.17, 15) is 12.3 Å². The molecule has 6 heteroatoms. The number of rotatable bonds is 4. The van der Waals surface area contributed by atoms with E-state index in [-0.39, 0.29) is 65.1 Å². The Balaban J connectivity index is 1.08. The van der Waals surface area contributed by atoms with Crippen LogP contribution in [0.2, 0.25) is 0 Å². The summed E-state index contributed by atoms with van der Waals surface area (Å²) >= 11 is 0. The summed E-state index contributed by atoms with van der Waals surface area (Å²) in [6, 6.07) is 40.4. The Hall–Kier alpha value is -8.09. The van der Waals surface area contributed by atoms with Crippen LogP contribution in [0.25, 0.3) is 61.0 Å². The number of pyridine rings is 1. The minimum absolute atomic E-state index is 0.00630. The summed E-state index contributed by atoms with van der Waals surface area (Å²) in [6.45, 7) is 17.9. The zero-order valence-corrected chi connectivity index (χ0v) is 45.1. The molecule has 0 atom stereocenters. The van der Waals surface area contributed by atoms with Gasteiger partial charge in [0, 0.05) is 57.0 Å². The maximum atomic E-state index is 10.2. The molecule has 10 aromatic rings. The number of aromatic nitrogens is 2. The first kappa shape index (κ1) is 37.6. The third kappa shape index (κ3) is 8.72. The van der Waals surface area contributed by atoms with Crippen LogP contribution in [0.3, 0.4) is 0 Å². The molecule has 16 rings (SSSR count). The highest BCUT2D eigenvalue weighted by Gasteiger charge is 2.38. The summed E-state index contributed by atoms with van der Waals surface area (Å²) in [4.78, 5) is 9.34. The largest absolute Gasteiger partial charge is 0.457 e. The molecule has 0 amide bonds. The second-order valence-electron chi connectivity index (χ2n) is 23.4. The van der Waals surface area contributed by atoms with Crippen molar-refractivity contribution in [1.29, 1.82) is 0 Å². The molecule has 1 aliphatic carbocycles. The van der Waals surface area contributed by atoms with Gasteiger partial charge in [-0.15, -0.1) is 0 Å². The zero-order valence-electron chi connectivity index (χ0n) is 56.1. The first-order chi connectivity index (χ1) is 41.5. The summed E-state index contributed by atoms with van der Waals surface area (Å²) < 4.78 is 120. The van der Waals surface area contributed by atoms with Crippen LogP contribution in [-0.2, 0) is 23.6 Å². The number of hydrogen-bond acceptors (Lipinski definition) is 5. The molecule has 6 nitrogen and oxygen atoms in total. The third-order valence-corrected chi connectivity index (χ3v) is 15.4. The molecule has 7 heterocycles. The van der Waals surface area contributed by atoms with Crippen LogP contribution in [-0.4, -0.2) is 16.2 Å². The normalized spacial score (nSPS) is 17.7. The molecule has 12 bridgehead atoms. The van der Waals surface area contributed by atoms with Crippen LogP contribution in [0.1, 0.15) is 112 Å². The van der Waals surface area contributed by atoms with E-state index in [4.69, 9.17) is 17.2 Å². The van der Waals surface area contributed by atoms with Crippen LogP contribution in [0.4, 0.5) is 22.7 Å². The fourth-order valence-electron chi connectivity index (χ4n) is 11.5. The smallest absolute Gasteiger partial charge is 0.137 e. The Kier molecular flexibility index (Phi) is 8.94. The van der Waals surface area contributed by atoms with Crippen LogP contribution >= 0.6 is 0 Å². The Labute approximate surface area is 470 Å². The molecule has 5 aliphatic heterocycles. The fourth-order valence-corrected chi connectivity index (χ4v) is 11.5. The molecule has 0 fully saturated rings. The lowest BCUT2D eigenvalue weighted by molar-refractivity contribution is 0.332. The topological polar surface area (TPSA) is 42.8 Å². The Morgan fingerprint density at radius 1 is 0.610 bits per heavy atom. The predicted molar refractivity (Wildman–Crippen MR) is 320 cm³/mol. The van der Waals surface area contributed by atoms with Gasteiger partial charge in [-0.1, -0.05) is 159 Å². The van der Waals surface area contributed by atoms with Gasteiger partial charge < -0.3 is 19.3 Å². The molecule has 0 radical (unpaired) electrons. The summed E-state index contributed by atoms with van der Waals surface area (Å²) in [6.07, 6.45) is -0.635. The van der Waals surface area contributed by atoms with E-state index in [1.165, 1.54) is 0 Å². The van der Waals surface area contributed by atoms with E-state index in [1.54, 1.807) is 41.1 Å². The van der Waals surface area contributed by atoms with Gasteiger partial charge in [0.2, 0.25) is 0 Å². The monoisotopic (exact) mass is 1020 g/mol. The van der Waals surface area contributed by atoms with Crippen LogP contribution in [0, 0.1) is 11.3 Å². The zero-order chi connectivity index (χ0) is 62.6. The molecule has 8 aromatic carbocycles. The molecular formula is C71H68N4O2. The van der Waals surface area contributed by atoms with Crippen molar-refractivity contribution in [2.75, 3.05) is 16.5 Å². The van der Waals surface area contributed by atoms with Crippen molar-refractivity contribution in [3.8, 4) is 62.2 Å². The molecule has 0 saturated heterocycles. The van der Waals surface area contributed by atoms with E-state index in [0.29, 0.717) is 61.5 Å². The maximum absolute atomic E-state index is 10.2. The maximum Gasteiger partial charge on any atom is 0.137 e. The molecule has 0 spiro atoms. The third-order valence-electron chi connectivity index (χ3n) is 15.4. The predicted octanol–water partition coefficient (Wildman–Crippen LogP) is 19.5. The number of para-hydroxylation sites is 4. The number of anilines is 4. The lowest BCUT2D eigenvalue weighted by Crippen LogP contribution is -2.33. The average Bonchev–Trinajstić information content (AvgIpc) is 1.29. The number of ether oxygens (including phenoxy) is 2. The van der Waals surface area contributed by atoms with Crippen molar-refractivity contribution in [1.82, 2.24) is 9.55 Å². The Bertz CT molecular complexity index is 4550. The SMILES string of the molecule is [2H]c1c([2H])c2c(c([2H])c1-c1cccc3c1N1CN(c4ccc(C([2H])([2H])C(C)C)c(c4)Oc4ccc5c6c([2H])c([2H])c([2H])c([2H])c6n(c5c4)-c4cc(C([2H])([2H])C(C)(C)C)c(cn4)-c4ccc(cc4)Oc4ccc-3cc4)c3ccccc31)C(C)(C)CCC2(C)C. The number of hydrogen-bond donors (Lipinski definition) is 0. The van der Waals surface area contributed by atoms with Crippen molar-refractivity contribution in [2.24, 2.45) is 11.3 Å². The number of fused-ring (bicyclic) bond motifs is 7. The standard InChI is InChI=1S/C71H68N4O2/c1-45(2)37-49-21-27-51-40-66(49)77-54-32-33-58-57-15-10-11-18-62(57)75(65(58)41-54)67-39-50(42-69(3,4)5)59(43-72-67)47-24-30-53(31-25-47)76-52-28-22-46(23-29-52)55-16-14-17-56(68(55)74-44-73(51)63-19-12-13-20-64(63)74)48-26-34-60-61(38-48)71(8,9)36-35-70(60,6)7/h10-34,38-41,43,45H,35-37,42,44H2,1-9H3/i10D,11D,15D,18D,26D,34D,37D2,38D,42D2. The van der Waals surface area contributed by atoms with Crippen molar-refractivity contribution in [2.45, 2.75) is 98.7 Å². The number of nitrogens with zero attached hydrogens (tertiary/aromatic N) is 4. The molecule has 0 unspecified atom stereocenters. The lowest BCUT2D eigenvalue weighted by atomic mass is 9.63. The molecule has 6 aliphatic rings. The Morgan fingerprint density at radius 2 is 1.27 bits per heavy atom. The van der Waals surface area contributed by atoms with Crippen molar-refractivity contribution < 1.29 is 24.6 Å². The number of benzene rings is 8. The molecule has 0 saturated carbocycles. The summed E-state index contributed by atoms with van der Waals surface area (Å²) in [7, 11) is 0. The van der Waals surface area contributed by atoms with E-state index in [1.807, 2.05) is 138 Å². The highest BCUT2D eigenvalue weighted by Crippen LogP contribution is 2.53. The summed E-state index contributed by atoms with van der Waals surface area (Å²) in [5.41, 5.74) is 7.77. The van der Waals surface area contributed by atoms with E-state index < -0.39 is 47.0 Å². The van der Waals surface area contributed by atoms with Gasteiger partial charge in [0.05, 0.1) is 37.7 Å². The van der Waals surface area contributed by atoms with Crippen LogP contribution < -0.4 is 19.3 Å². The second kappa shape index (κ2) is 18.3. The average molecular weight is 1020 g/mol. The first-order valence-electron chi connectivity index (χ1n) is 32.2. The van der Waals surface area contributed by atoms with Crippen molar-refractivity contribution in [3.05, 3.63) is 204 Å². The summed E-state index contributed by atoms with van der Waals surface area (Å²) in [5.74, 6) is 1.29. The summed E-state index contributed by atoms with van der Waals surface area (Å²) in [5, 5.41) is 0.710. The van der Waals surface area contributed by atoms with Gasteiger partial charge in [0.15, 0.2) is 0 Å².